The molecule has 2 fully saturated rings. The smallest absolute Gasteiger partial charge is 0.325 e. The molecule has 3 aliphatic rings. The summed E-state index contributed by atoms with van der Waals surface area (Å²) in [6, 6.07) is 7.66. The van der Waals surface area contributed by atoms with E-state index in [-0.39, 0.29) is 24.3 Å². The number of carbonyl (C=O) groups excluding carboxylic acids is 3. The number of amides is 4. The third-order valence-electron chi connectivity index (χ3n) is 7.03. The Morgan fingerprint density at radius 3 is 2.90 bits per heavy atom. The standard InChI is InChI=1S/C22H26N4O3/c1-14-6-4-5-10-22(14)20(28)26(21(29)24-22)13-19(27)25-11-9-18-16(12-25)15-7-2-3-8-17(15)23-18/h2-3,7-8,14,23H,4-6,9-13H2,1H3,(H,24,29). The molecule has 3 heterocycles. The third kappa shape index (κ3) is 2.74. The van der Waals surface area contributed by atoms with Crippen LogP contribution in [0.2, 0.25) is 0 Å². The third-order valence-corrected chi connectivity index (χ3v) is 7.03. The lowest BCUT2D eigenvalue weighted by atomic mass is 9.73. The lowest BCUT2D eigenvalue weighted by Gasteiger charge is -2.37. The van der Waals surface area contributed by atoms with Gasteiger partial charge in [-0.3, -0.25) is 14.5 Å². The summed E-state index contributed by atoms with van der Waals surface area (Å²) in [5.41, 5.74) is 2.56. The summed E-state index contributed by atoms with van der Waals surface area (Å²) < 4.78 is 0. The first kappa shape index (κ1) is 18.2. The maximum absolute atomic E-state index is 13.1. The normalized spacial score (nSPS) is 26.9. The zero-order chi connectivity index (χ0) is 20.2. The number of H-pyrrole nitrogens is 1. The molecule has 1 saturated heterocycles. The van der Waals surface area contributed by atoms with Gasteiger partial charge in [0.05, 0.1) is 0 Å². The number of urea groups is 1. The Kier molecular flexibility index (Phi) is 4.15. The van der Waals surface area contributed by atoms with Crippen LogP contribution in [-0.2, 0) is 22.6 Å². The van der Waals surface area contributed by atoms with E-state index in [4.69, 9.17) is 0 Å². The van der Waals surface area contributed by atoms with Gasteiger partial charge in [-0.15, -0.1) is 0 Å². The number of hydrogen-bond donors (Lipinski definition) is 2. The molecular formula is C22H26N4O3. The molecule has 1 aromatic heterocycles. The average Bonchev–Trinajstić information content (AvgIpc) is 3.21. The molecule has 2 aromatic rings. The van der Waals surface area contributed by atoms with E-state index in [0.29, 0.717) is 19.5 Å². The van der Waals surface area contributed by atoms with Gasteiger partial charge in [0.15, 0.2) is 0 Å². The van der Waals surface area contributed by atoms with Gasteiger partial charge < -0.3 is 15.2 Å². The highest BCUT2D eigenvalue weighted by Crippen LogP contribution is 2.38. The lowest BCUT2D eigenvalue weighted by molar-refractivity contribution is -0.141. The van der Waals surface area contributed by atoms with E-state index < -0.39 is 11.6 Å². The molecule has 4 amide bonds. The highest BCUT2D eigenvalue weighted by molar-refractivity contribution is 6.09. The van der Waals surface area contributed by atoms with Crippen LogP contribution in [0, 0.1) is 5.92 Å². The minimum absolute atomic E-state index is 0.0940. The number of para-hydroxylation sites is 1. The number of fused-ring (bicyclic) bond motifs is 3. The number of nitrogens with one attached hydrogen (secondary N) is 2. The van der Waals surface area contributed by atoms with Crippen LogP contribution in [0.1, 0.15) is 43.9 Å². The fourth-order valence-corrected chi connectivity index (χ4v) is 5.25. The number of nitrogens with zero attached hydrogens (tertiary/aromatic N) is 2. The molecule has 152 valence electrons. The van der Waals surface area contributed by atoms with Crippen molar-refractivity contribution in [2.75, 3.05) is 13.1 Å². The summed E-state index contributed by atoms with van der Waals surface area (Å²) in [4.78, 5) is 45.0. The number of hydrogen-bond acceptors (Lipinski definition) is 3. The van der Waals surface area contributed by atoms with Gasteiger partial charge in [-0.05, 0) is 24.8 Å². The van der Waals surface area contributed by atoms with Gasteiger partial charge in [0.1, 0.15) is 12.1 Å². The topological polar surface area (TPSA) is 85.5 Å². The van der Waals surface area contributed by atoms with Gasteiger partial charge in [0, 0.05) is 41.7 Å². The zero-order valence-electron chi connectivity index (χ0n) is 16.7. The molecule has 29 heavy (non-hydrogen) atoms. The van der Waals surface area contributed by atoms with Crippen LogP contribution in [0.25, 0.3) is 10.9 Å². The summed E-state index contributed by atoms with van der Waals surface area (Å²) in [7, 11) is 0. The molecule has 7 heteroatoms. The maximum atomic E-state index is 13.1. The Hall–Kier alpha value is -2.83. The number of carbonyl (C=O) groups is 3. The van der Waals surface area contributed by atoms with E-state index in [0.717, 1.165) is 47.0 Å². The van der Waals surface area contributed by atoms with E-state index in [1.807, 2.05) is 25.1 Å². The number of benzene rings is 1. The van der Waals surface area contributed by atoms with Crippen molar-refractivity contribution in [2.24, 2.45) is 5.92 Å². The van der Waals surface area contributed by atoms with E-state index in [2.05, 4.69) is 16.4 Å². The van der Waals surface area contributed by atoms with Gasteiger partial charge in [-0.25, -0.2) is 4.79 Å². The molecular weight excluding hydrogens is 368 g/mol. The van der Waals surface area contributed by atoms with Crippen molar-refractivity contribution in [1.82, 2.24) is 20.1 Å². The van der Waals surface area contributed by atoms with Crippen LogP contribution < -0.4 is 5.32 Å². The Labute approximate surface area is 169 Å². The van der Waals surface area contributed by atoms with Crippen molar-refractivity contribution in [3.05, 3.63) is 35.5 Å². The molecule has 1 aliphatic carbocycles. The molecule has 2 atom stereocenters. The molecule has 1 saturated carbocycles. The van der Waals surface area contributed by atoms with Gasteiger partial charge in [0.2, 0.25) is 5.91 Å². The quantitative estimate of drug-likeness (QED) is 0.768. The van der Waals surface area contributed by atoms with E-state index in [9.17, 15) is 14.4 Å². The molecule has 7 nitrogen and oxygen atoms in total. The Balaban J connectivity index is 1.33. The monoisotopic (exact) mass is 394 g/mol. The number of aromatic amines is 1. The molecule has 2 aliphatic heterocycles. The van der Waals surface area contributed by atoms with Gasteiger partial charge in [-0.1, -0.05) is 38.0 Å². The maximum Gasteiger partial charge on any atom is 0.325 e. The first-order valence-electron chi connectivity index (χ1n) is 10.5. The Morgan fingerprint density at radius 2 is 2.07 bits per heavy atom. The summed E-state index contributed by atoms with van der Waals surface area (Å²) in [5, 5.41) is 4.05. The summed E-state index contributed by atoms with van der Waals surface area (Å²) in [6.07, 6.45) is 4.32. The highest BCUT2D eigenvalue weighted by Gasteiger charge is 2.55. The van der Waals surface area contributed by atoms with Crippen LogP contribution in [0.4, 0.5) is 4.79 Å². The zero-order valence-corrected chi connectivity index (χ0v) is 16.7. The molecule has 1 spiro atoms. The molecule has 0 bridgehead atoms. The predicted octanol–water partition coefficient (Wildman–Crippen LogP) is 2.55. The summed E-state index contributed by atoms with van der Waals surface area (Å²) >= 11 is 0. The van der Waals surface area contributed by atoms with E-state index >= 15 is 0 Å². The number of imide groups is 1. The first-order chi connectivity index (χ1) is 14.0. The predicted molar refractivity (Wildman–Crippen MR) is 108 cm³/mol. The molecule has 5 rings (SSSR count). The number of aromatic nitrogens is 1. The minimum Gasteiger partial charge on any atom is -0.358 e. The summed E-state index contributed by atoms with van der Waals surface area (Å²) in [5.74, 6) is -0.311. The second kappa shape index (κ2) is 6.61. The van der Waals surface area contributed by atoms with Crippen LogP contribution in [0.15, 0.2) is 24.3 Å². The Morgan fingerprint density at radius 1 is 1.24 bits per heavy atom. The largest absolute Gasteiger partial charge is 0.358 e. The molecule has 2 N–H and O–H groups in total. The van der Waals surface area contributed by atoms with Gasteiger partial charge in [0.25, 0.3) is 5.91 Å². The van der Waals surface area contributed by atoms with E-state index in [1.54, 1.807) is 4.90 Å². The van der Waals surface area contributed by atoms with Crippen molar-refractivity contribution < 1.29 is 14.4 Å². The molecule has 0 radical (unpaired) electrons. The average molecular weight is 394 g/mol. The SMILES string of the molecule is CC1CCCCC12NC(=O)N(CC(=O)N1CCc3[nH]c4ccccc4c3C1)C2=O. The van der Waals surface area contributed by atoms with Crippen molar-refractivity contribution in [3.8, 4) is 0 Å². The minimum atomic E-state index is -0.818. The van der Waals surface area contributed by atoms with Crippen molar-refractivity contribution in [2.45, 2.75) is 51.1 Å². The Bertz CT molecular complexity index is 1010. The molecule has 1 aromatic carbocycles. The van der Waals surface area contributed by atoms with Crippen LogP contribution >= 0.6 is 0 Å². The van der Waals surface area contributed by atoms with Crippen molar-refractivity contribution in [1.29, 1.82) is 0 Å². The first-order valence-corrected chi connectivity index (χ1v) is 10.5. The van der Waals surface area contributed by atoms with Crippen molar-refractivity contribution in [3.63, 3.8) is 0 Å². The summed E-state index contributed by atoms with van der Waals surface area (Å²) in [6.45, 7) is 2.93. The highest BCUT2D eigenvalue weighted by atomic mass is 16.2. The fourth-order valence-electron chi connectivity index (χ4n) is 5.25. The van der Waals surface area contributed by atoms with Crippen LogP contribution in [0.3, 0.4) is 0 Å². The number of rotatable bonds is 2. The van der Waals surface area contributed by atoms with Crippen LogP contribution in [-0.4, -0.2) is 51.3 Å². The van der Waals surface area contributed by atoms with Crippen molar-refractivity contribution >= 4 is 28.7 Å². The second-order valence-electron chi connectivity index (χ2n) is 8.63. The second-order valence-corrected chi connectivity index (χ2v) is 8.63. The van der Waals surface area contributed by atoms with Gasteiger partial charge in [-0.2, -0.15) is 0 Å². The lowest BCUT2D eigenvalue weighted by Crippen LogP contribution is -2.54. The van der Waals surface area contributed by atoms with Crippen LogP contribution in [0.5, 0.6) is 0 Å². The van der Waals surface area contributed by atoms with E-state index in [1.165, 1.54) is 5.69 Å². The fraction of sp³-hybridized carbons (Fsp3) is 0.500. The van der Waals surface area contributed by atoms with Gasteiger partial charge >= 0.3 is 6.03 Å². The molecule has 2 unspecified atom stereocenters.